The summed E-state index contributed by atoms with van der Waals surface area (Å²) in [5.74, 6) is -1.53. The molecule has 2 atom stereocenters. The molecule has 1 aromatic rings. The molecule has 1 heterocycles. The molecule has 78 valence electrons. The molecule has 5 heteroatoms. The molecule has 1 aromatic carbocycles. The Morgan fingerprint density at radius 2 is 1.87 bits per heavy atom. The minimum Gasteiger partial charge on any atom is -0.479 e. The zero-order chi connectivity index (χ0) is 10.8. The highest BCUT2D eigenvalue weighted by Gasteiger charge is 2.50. The number of carboxylic acids is 1. The van der Waals surface area contributed by atoms with Crippen molar-refractivity contribution in [1.29, 1.82) is 0 Å². The van der Waals surface area contributed by atoms with E-state index in [1.165, 1.54) is 0 Å². The van der Waals surface area contributed by atoms with E-state index in [4.69, 9.17) is 9.84 Å². The molecule has 15 heavy (non-hydrogen) atoms. The predicted molar refractivity (Wildman–Crippen MR) is 51.4 cm³/mol. The highest BCUT2D eigenvalue weighted by atomic mass is 16.6. The minimum atomic E-state index is -1.11. The third kappa shape index (κ3) is 2.13. The fourth-order valence-electron chi connectivity index (χ4n) is 1.23. The van der Waals surface area contributed by atoms with Gasteiger partial charge in [-0.05, 0) is 12.1 Å². The van der Waals surface area contributed by atoms with Crippen LogP contribution in [0.25, 0.3) is 0 Å². The number of amides is 1. The van der Waals surface area contributed by atoms with E-state index in [0.29, 0.717) is 5.69 Å². The maximum absolute atomic E-state index is 11.4. The number of ether oxygens (including phenoxy) is 1. The summed E-state index contributed by atoms with van der Waals surface area (Å²) >= 11 is 0. The molecular formula is C10H9NO4. The van der Waals surface area contributed by atoms with Gasteiger partial charge in [0.15, 0.2) is 12.2 Å². The van der Waals surface area contributed by atoms with Gasteiger partial charge in [0, 0.05) is 5.69 Å². The van der Waals surface area contributed by atoms with Gasteiger partial charge >= 0.3 is 5.97 Å². The fourth-order valence-corrected chi connectivity index (χ4v) is 1.23. The van der Waals surface area contributed by atoms with Crippen molar-refractivity contribution < 1.29 is 19.4 Å². The average molecular weight is 207 g/mol. The highest BCUT2D eigenvalue weighted by Crippen LogP contribution is 2.23. The van der Waals surface area contributed by atoms with E-state index < -0.39 is 24.1 Å². The van der Waals surface area contributed by atoms with E-state index in [9.17, 15) is 9.59 Å². The summed E-state index contributed by atoms with van der Waals surface area (Å²) in [7, 11) is 0. The number of carbonyl (C=O) groups excluding carboxylic acids is 1. The average Bonchev–Trinajstić information content (AvgIpc) is 2.98. The fraction of sp³-hybridized carbons (Fsp3) is 0.200. The zero-order valence-electron chi connectivity index (χ0n) is 7.71. The van der Waals surface area contributed by atoms with E-state index in [0.717, 1.165) is 0 Å². The maximum atomic E-state index is 11.4. The van der Waals surface area contributed by atoms with Crippen LogP contribution in [0.3, 0.4) is 0 Å². The molecule has 2 N–H and O–H groups in total. The second-order valence-corrected chi connectivity index (χ2v) is 3.17. The van der Waals surface area contributed by atoms with Crippen molar-refractivity contribution in [2.75, 3.05) is 5.32 Å². The number of rotatable bonds is 3. The van der Waals surface area contributed by atoms with Crippen LogP contribution in [0.1, 0.15) is 0 Å². The highest BCUT2D eigenvalue weighted by molar-refractivity contribution is 6.00. The van der Waals surface area contributed by atoms with Gasteiger partial charge in [0.25, 0.3) is 5.91 Å². The second kappa shape index (κ2) is 3.70. The molecule has 5 nitrogen and oxygen atoms in total. The Morgan fingerprint density at radius 3 is 2.40 bits per heavy atom. The molecule has 1 saturated heterocycles. The molecule has 0 saturated carbocycles. The molecule has 0 unspecified atom stereocenters. The Balaban J connectivity index is 1.92. The molecule has 2 rings (SSSR count). The van der Waals surface area contributed by atoms with Crippen molar-refractivity contribution >= 4 is 17.6 Å². The van der Waals surface area contributed by atoms with E-state index in [2.05, 4.69) is 5.32 Å². The van der Waals surface area contributed by atoms with Crippen molar-refractivity contribution in [1.82, 2.24) is 0 Å². The lowest BCUT2D eigenvalue weighted by Gasteiger charge is -2.01. The normalized spacial score (nSPS) is 23.2. The van der Waals surface area contributed by atoms with Crippen LogP contribution in [0.4, 0.5) is 5.69 Å². The topological polar surface area (TPSA) is 78.9 Å². The Bertz CT molecular complexity index is 390. The lowest BCUT2D eigenvalue weighted by molar-refractivity contribution is -0.138. The Labute approximate surface area is 85.7 Å². The van der Waals surface area contributed by atoms with Crippen molar-refractivity contribution in [3.63, 3.8) is 0 Å². The summed E-state index contributed by atoms with van der Waals surface area (Å²) < 4.78 is 4.70. The molecule has 1 amide bonds. The first-order valence-electron chi connectivity index (χ1n) is 4.42. The molecule has 0 aromatic heterocycles. The van der Waals surface area contributed by atoms with Crippen LogP contribution < -0.4 is 5.32 Å². The van der Waals surface area contributed by atoms with Gasteiger partial charge in [0.2, 0.25) is 0 Å². The maximum Gasteiger partial charge on any atom is 0.336 e. The smallest absolute Gasteiger partial charge is 0.336 e. The number of epoxide rings is 1. The van der Waals surface area contributed by atoms with Crippen LogP contribution in [0.5, 0.6) is 0 Å². The Kier molecular flexibility index (Phi) is 2.39. The number of nitrogens with one attached hydrogen (secondary N) is 1. The van der Waals surface area contributed by atoms with E-state index in [-0.39, 0.29) is 0 Å². The summed E-state index contributed by atoms with van der Waals surface area (Å²) in [5.41, 5.74) is 0.627. The third-order valence-electron chi connectivity index (χ3n) is 2.03. The van der Waals surface area contributed by atoms with Crippen LogP contribution in [-0.2, 0) is 14.3 Å². The van der Waals surface area contributed by atoms with Crippen LogP contribution in [0.15, 0.2) is 30.3 Å². The molecule has 1 aliphatic rings. The number of hydrogen-bond acceptors (Lipinski definition) is 3. The lowest BCUT2D eigenvalue weighted by atomic mass is 10.2. The van der Waals surface area contributed by atoms with Gasteiger partial charge in [-0.25, -0.2) is 4.79 Å². The van der Waals surface area contributed by atoms with Crippen molar-refractivity contribution in [3.05, 3.63) is 30.3 Å². The van der Waals surface area contributed by atoms with Gasteiger partial charge in [-0.3, -0.25) is 4.79 Å². The third-order valence-corrected chi connectivity index (χ3v) is 2.03. The molecular weight excluding hydrogens is 198 g/mol. The van der Waals surface area contributed by atoms with Crippen LogP contribution in [0, 0.1) is 0 Å². The summed E-state index contributed by atoms with van der Waals surface area (Å²) in [5, 5.41) is 11.1. The molecule has 0 radical (unpaired) electrons. The predicted octanol–water partition coefficient (Wildman–Crippen LogP) is 0.477. The monoisotopic (exact) mass is 207 g/mol. The van der Waals surface area contributed by atoms with Crippen LogP contribution in [0.2, 0.25) is 0 Å². The van der Waals surface area contributed by atoms with Crippen LogP contribution >= 0.6 is 0 Å². The van der Waals surface area contributed by atoms with Crippen molar-refractivity contribution in [2.45, 2.75) is 12.2 Å². The van der Waals surface area contributed by atoms with Gasteiger partial charge in [-0.1, -0.05) is 18.2 Å². The standard InChI is InChI=1S/C10H9NO4/c12-9(7-8(15-7)10(13)14)11-6-4-2-1-3-5-6/h1-5,7-8H,(H,11,12)(H,13,14)/t7-,8+/m0/s1. The van der Waals surface area contributed by atoms with Gasteiger partial charge in [0.1, 0.15) is 0 Å². The summed E-state index contributed by atoms with van der Waals surface area (Å²) in [6.45, 7) is 0. The first-order chi connectivity index (χ1) is 7.18. The van der Waals surface area contributed by atoms with Crippen LogP contribution in [-0.4, -0.2) is 29.2 Å². The number of carbonyl (C=O) groups is 2. The summed E-state index contributed by atoms with van der Waals surface area (Å²) in [6.07, 6.45) is -1.85. The Hall–Kier alpha value is -1.88. The van der Waals surface area contributed by atoms with Gasteiger partial charge in [-0.2, -0.15) is 0 Å². The number of benzene rings is 1. The quantitative estimate of drug-likeness (QED) is 0.706. The lowest BCUT2D eigenvalue weighted by Crippen LogP contribution is -2.22. The second-order valence-electron chi connectivity index (χ2n) is 3.17. The molecule has 1 aliphatic heterocycles. The number of carboxylic acid groups (broad SMARTS) is 1. The molecule has 1 fully saturated rings. The summed E-state index contributed by atoms with van der Waals surface area (Å²) in [6, 6.07) is 8.81. The SMILES string of the molecule is O=C(Nc1ccccc1)[C@H]1O[C@H]1C(=O)O. The summed E-state index contributed by atoms with van der Waals surface area (Å²) in [4.78, 5) is 21.8. The molecule has 0 bridgehead atoms. The van der Waals surface area contributed by atoms with E-state index in [1.54, 1.807) is 24.3 Å². The van der Waals surface area contributed by atoms with Gasteiger partial charge in [0.05, 0.1) is 0 Å². The molecule has 0 aliphatic carbocycles. The first kappa shape index (κ1) is 9.67. The largest absolute Gasteiger partial charge is 0.479 e. The van der Waals surface area contributed by atoms with Crippen molar-refractivity contribution in [3.8, 4) is 0 Å². The number of anilines is 1. The zero-order valence-corrected chi connectivity index (χ0v) is 7.71. The number of hydrogen-bond donors (Lipinski definition) is 2. The van der Waals surface area contributed by atoms with E-state index >= 15 is 0 Å². The first-order valence-corrected chi connectivity index (χ1v) is 4.42. The number of para-hydroxylation sites is 1. The minimum absolute atomic E-state index is 0.423. The molecule has 0 spiro atoms. The van der Waals surface area contributed by atoms with E-state index in [1.807, 2.05) is 6.07 Å². The van der Waals surface area contributed by atoms with Gasteiger partial charge < -0.3 is 15.2 Å². The number of aliphatic carboxylic acids is 1. The van der Waals surface area contributed by atoms with Crippen molar-refractivity contribution in [2.24, 2.45) is 0 Å². The van der Waals surface area contributed by atoms with Gasteiger partial charge in [-0.15, -0.1) is 0 Å². The Morgan fingerprint density at radius 1 is 1.20 bits per heavy atom.